The largest absolute Gasteiger partial charge is 0.321 e. The minimum atomic E-state index is -0.248. The summed E-state index contributed by atoms with van der Waals surface area (Å²) in [5.41, 5.74) is 2.44. The summed E-state index contributed by atoms with van der Waals surface area (Å²) >= 11 is 4.37. The molecular formula is C13H13BrN2O2S. The van der Waals surface area contributed by atoms with Crippen LogP contribution < -0.4 is 10.2 Å². The van der Waals surface area contributed by atoms with E-state index in [2.05, 4.69) is 21.2 Å². The molecule has 0 fully saturated rings. The van der Waals surface area contributed by atoms with Gasteiger partial charge < -0.3 is 9.88 Å². The Morgan fingerprint density at radius 2 is 2.05 bits per heavy atom. The van der Waals surface area contributed by atoms with Gasteiger partial charge in [0.2, 0.25) is 0 Å². The molecular weight excluding hydrogens is 328 g/mol. The Labute approximate surface area is 123 Å². The van der Waals surface area contributed by atoms with Crippen LogP contribution in [0.1, 0.15) is 20.9 Å². The van der Waals surface area contributed by atoms with Gasteiger partial charge in [-0.2, -0.15) is 0 Å². The Hall–Kier alpha value is -1.40. The van der Waals surface area contributed by atoms with Crippen LogP contribution in [-0.2, 0) is 7.05 Å². The van der Waals surface area contributed by atoms with Gasteiger partial charge in [0.15, 0.2) is 0 Å². The number of hydrogen-bond acceptors (Lipinski definition) is 3. The van der Waals surface area contributed by atoms with Crippen molar-refractivity contribution in [1.82, 2.24) is 4.57 Å². The van der Waals surface area contributed by atoms with Gasteiger partial charge in [0, 0.05) is 22.9 Å². The summed E-state index contributed by atoms with van der Waals surface area (Å²) < 4.78 is 2.47. The number of rotatable bonds is 2. The molecule has 0 unspecified atom stereocenters. The van der Waals surface area contributed by atoms with Crippen molar-refractivity contribution in [1.29, 1.82) is 0 Å². The Bertz CT molecular complexity index is 703. The minimum Gasteiger partial charge on any atom is -0.321 e. The number of aryl methyl sites for hydroxylation is 1. The maximum Gasteiger partial charge on any atom is 0.307 e. The first-order valence-electron chi connectivity index (χ1n) is 5.64. The Balaban J connectivity index is 2.28. The van der Waals surface area contributed by atoms with E-state index in [4.69, 9.17) is 0 Å². The lowest BCUT2D eigenvalue weighted by Crippen LogP contribution is -2.13. The highest BCUT2D eigenvalue weighted by molar-refractivity contribution is 9.10. The molecule has 0 aliphatic carbocycles. The van der Waals surface area contributed by atoms with E-state index in [1.807, 2.05) is 25.1 Å². The number of aromatic nitrogens is 1. The van der Waals surface area contributed by atoms with Gasteiger partial charge in [-0.25, -0.2) is 0 Å². The van der Waals surface area contributed by atoms with Gasteiger partial charge in [-0.1, -0.05) is 27.3 Å². The maximum absolute atomic E-state index is 12.1. The molecule has 0 bridgehead atoms. The van der Waals surface area contributed by atoms with E-state index < -0.39 is 0 Å². The summed E-state index contributed by atoms with van der Waals surface area (Å²) in [6.45, 7) is 3.71. The summed E-state index contributed by atoms with van der Waals surface area (Å²) in [7, 11) is 1.66. The Morgan fingerprint density at radius 3 is 2.58 bits per heavy atom. The van der Waals surface area contributed by atoms with Crippen molar-refractivity contribution in [2.24, 2.45) is 7.05 Å². The molecule has 0 radical (unpaired) electrons. The van der Waals surface area contributed by atoms with Gasteiger partial charge in [0.25, 0.3) is 5.91 Å². The highest BCUT2D eigenvalue weighted by Crippen LogP contribution is 2.21. The number of halogens is 1. The molecule has 0 atom stereocenters. The minimum absolute atomic E-state index is 0.130. The third-order valence-electron chi connectivity index (χ3n) is 2.92. The van der Waals surface area contributed by atoms with Crippen LogP contribution in [0.5, 0.6) is 0 Å². The van der Waals surface area contributed by atoms with Crippen molar-refractivity contribution in [2.45, 2.75) is 13.8 Å². The molecule has 4 nitrogen and oxygen atoms in total. The fourth-order valence-electron chi connectivity index (χ4n) is 1.64. The van der Waals surface area contributed by atoms with Crippen LogP contribution in [0.25, 0.3) is 0 Å². The van der Waals surface area contributed by atoms with E-state index in [-0.39, 0.29) is 10.8 Å². The first kappa shape index (κ1) is 14.0. The summed E-state index contributed by atoms with van der Waals surface area (Å²) in [4.78, 5) is 24.0. The molecule has 0 aliphatic heterocycles. The van der Waals surface area contributed by atoms with Crippen LogP contribution in [0.2, 0.25) is 0 Å². The number of nitrogens with one attached hydrogen (secondary N) is 1. The Kier molecular flexibility index (Phi) is 3.91. The third kappa shape index (κ3) is 2.79. The Morgan fingerprint density at radius 1 is 1.37 bits per heavy atom. The molecule has 2 rings (SSSR count). The standard InChI is InChI=1S/C13H13BrN2O2S/c1-7-6-9(4-5-10(7)14)15-12(17)11-8(2)16(3)13(18)19-11/h4-6H,1-3H3,(H,15,17). The second-order valence-electron chi connectivity index (χ2n) is 4.26. The molecule has 1 aromatic carbocycles. The number of benzene rings is 1. The highest BCUT2D eigenvalue weighted by Gasteiger charge is 2.16. The van der Waals surface area contributed by atoms with Crippen LogP contribution in [0.3, 0.4) is 0 Å². The summed E-state index contributed by atoms with van der Waals surface area (Å²) in [6.07, 6.45) is 0. The molecule has 0 aliphatic rings. The van der Waals surface area contributed by atoms with Crippen molar-refractivity contribution < 1.29 is 4.79 Å². The molecule has 0 saturated carbocycles. The predicted octanol–water partition coefficient (Wildman–Crippen LogP) is 3.08. The lowest BCUT2D eigenvalue weighted by atomic mass is 10.2. The van der Waals surface area contributed by atoms with Crippen molar-refractivity contribution in [3.8, 4) is 0 Å². The van der Waals surface area contributed by atoms with Crippen molar-refractivity contribution in [3.63, 3.8) is 0 Å². The van der Waals surface area contributed by atoms with E-state index in [0.717, 1.165) is 21.4 Å². The number of amides is 1. The lowest BCUT2D eigenvalue weighted by molar-refractivity contribution is 0.102. The number of anilines is 1. The van der Waals surface area contributed by atoms with Gasteiger partial charge in [0.05, 0.1) is 0 Å². The van der Waals surface area contributed by atoms with Gasteiger partial charge in [-0.05, 0) is 37.6 Å². The predicted molar refractivity (Wildman–Crippen MR) is 81.1 cm³/mol. The molecule has 19 heavy (non-hydrogen) atoms. The zero-order valence-corrected chi connectivity index (χ0v) is 13.2. The zero-order valence-electron chi connectivity index (χ0n) is 10.8. The second kappa shape index (κ2) is 5.30. The van der Waals surface area contributed by atoms with Gasteiger partial charge in [0.1, 0.15) is 4.88 Å². The number of thiazole rings is 1. The van der Waals surface area contributed by atoms with E-state index in [9.17, 15) is 9.59 Å². The molecule has 1 N–H and O–H groups in total. The topological polar surface area (TPSA) is 51.1 Å². The molecule has 100 valence electrons. The fraction of sp³-hybridized carbons (Fsp3) is 0.231. The van der Waals surface area contributed by atoms with Crippen LogP contribution in [0, 0.1) is 13.8 Å². The van der Waals surface area contributed by atoms with Crippen molar-refractivity contribution in [2.75, 3.05) is 5.32 Å². The molecule has 1 amide bonds. The molecule has 1 heterocycles. The number of hydrogen-bond donors (Lipinski definition) is 1. The van der Waals surface area contributed by atoms with Gasteiger partial charge in [-0.15, -0.1) is 0 Å². The van der Waals surface area contributed by atoms with Crippen molar-refractivity contribution >= 4 is 38.9 Å². The quantitative estimate of drug-likeness (QED) is 0.913. The smallest absolute Gasteiger partial charge is 0.307 e. The fourth-order valence-corrected chi connectivity index (χ4v) is 2.76. The molecule has 2 aromatic rings. The summed E-state index contributed by atoms with van der Waals surface area (Å²) in [5.74, 6) is -0.248. The van der Waals surface area contributed by atoms with Gasteiger partial charge >= 0.3 is 4.87 Å². The van der Waals surface area contributed by atoms with E-state index in [1.165, 1.54) is 4.57 Å². The van der Waals surface area contributed by atoms with Crippen LogP contribution in [0.15, 0.2) is 27.5 Å². The number of nitrogens with zero attached hydrogens (tertiary/aromatic N) is 1. The normalized spacial score (nSPS) is 10.5. The van der Waals surface area contributed by atoms with Crippen molar-refractivity contribution in [3.05, 3.63) is 48.5 Å². The zero-order chi connectivity index (χ0) is 14.2. The summed E-state index contributed by atoms with van der Waals surface area (Å²) in [6, 6.07) is 5.57. The molecule has 1 aromatic heterocycles. The average molecular weight is 341 g/mol. The second-order valence-corrected chi connectivity index (χ2v) is 6.08. The van der Waals surface area contributed by atoms with E-state index in [0.29, 0.717) is 16.3 Å². The van der Waals surface area contributed by atoms with E-state index >= 15 is 0 Å². The van der Waals surface area contributed by atoms with Crippen LogP contribution in [0.4, 0.5) is 5.69 Å². The third-order valence-corrected chi connectivity index (χ3v) is 4.94. The maximum atomic E-state index is 12.1. The number of carbonyl (C=O) groups excluding carboxylic acids is 1. The van der Waals surface area contributed by atoms with Gasteiger partial charge in [-0.3, -0.25) is 9.59 Å². The van der Waals surface area contributed by atoms with Crippen LogP contribution >= 0.6 is 27.3 Å². The monoisotopic (exact) mass is 340 g/mol. The highest BCUT2D eigenvalue weighted by atomic mass is 79.9. The molecule has 0 spiro atoms. The molecule has 6 heteroatoms. The lowest BCUT2D eigenvalue weighted by Gasteiger charge is -2.06. The van der Waals surface area contributed by atoms with Crippen LogP contribution in [-0.4, -0.2) is 10.5 Å². The average Bonchev–Trinajstić information content (AvgIpc) is 2.62. The SMILES string of the molecule is Cc1cc(NC(=O)c2sc(=O)n(C)c2C)ccc1Br. The molecule has 0 saturated heterocycles. The first-order valence-corrected chi connectivity index (χ1v) is 7.25. The summed E-state index contributed by atoms with van der Waals surface area (Å²) in [5, 5.41) is 2.81. The number of carbonyl (C=O) groups is 1. The first-order chi connectivity index (χ1) is 8.90. The van der Waals surface area contributed by atoms with E-state index in [1.54, 1.807) is 14.0 Å².